The highest BCUT2D eigenvalue weighted by Crippen LogP contribution is 2.37. The van der Waals surface area contributed by atoms with Crippen LogP contribution < -0.4 is 24.3 Å². The van der Waals surface area contributed by atoms with Crippen LogP contribution >= 0.6 is 0 Å². The second-order valence-corrected chi connectivity index (χ2v) is 9.79. The third-order valence-corrected chi connectivity index (χ3v) is 6.91. The van der Waals surface area contributed by atoms with E-state index in [0.29, 0.717) is 12.5 Å². The van der Waals surface area contributed by atoms with Crippen molar-refractivity contribution in [1.82, 2.24) is 10.2 Å². The van der Waals surface area contributed by atoms with E-state index < -0.39 is 0 Å². The zero-order chi connectivity index (χ0) is 25.6. The third kappa shape index (κ3) is 6.35. The number of ether oxygens (including phenoxy) is 4. The number of hydrogen-bond donors (Lipinski definition) is 1. The van der Waals surface area contributed by atoms with Crippen molar-refractivity contribution >= 4 is 5.91 Å². The molecule has 0 aliphatic carbocycles. The number of rotatable bonds is 9. The Hall–Kier alpha value is -3.71. The maximum atomic E-state index is 12.6. The van der Waals surface area contributed by atoms with Gasteiger partial charge in [0.05, 0.1) is 7.11 Å². The maximum Gasteiger partial charge on any atom is 0.258 e. The van der Waals surface area contributed by atoms with E-state index in [4.69, 9.17) is 18.9 Å². The summed E-state index contributed by atoms with van der Waals surface area (Å²) < 4.78 is 22.3. The van der Waals surface area contributed by atoms with Gasteiger partial charge in [-0.05, 0) is 78.4 Å². The molecule has 7 nitrogen and oxygen atoms in total. The average Bonchev–Trinajstić information content (AvgIpc) is 3.39. The molecule has 1 saturated heterocycles. The molecule has 5 rings (SSSR count). The van der Waals surface area contributed by atoms with E-state index in [9.17, 15) is 4.79 Å². The molecule has 0 spiro atoms. The molecule has 2 aliphatic heterocycles. The number of fused-ring (bicyclic) bond motifs is 1. The lowest BCUT2D eigenvalue weighted by molar-refractivity contribution is -0.123. The summed E-state index contributed by atoms with van der Waals surface area (Å²) in [6.07, 6.45) is 2.47. The van der Waals surface area contributed by atoms with Crippen LogP contribution in [0.4, 0.5) is 0 Å². The van der Waals surface area contributed by atoms with Crippen LogP contribution in [0.5, 0.6) is 23.0 Å². The van der Waals surface area contributed by atoms with E-state index in [0.717, 1.165) is 64.9 Å². The summed E-state index contributed by atoms with van der Waals surface area (Å²) in [5.74, 6) is 3.58. The first-order chi connectivity index (χ1) is 18.1. The first-order valence-electron chi connectivity index (χ1n) is 12.8. The monoisotopic (exact) mass is 502 g/mol. The van der Waals surface area contributed by atoms with E-state index in [2.05, 4.69) is 23.2 Å². The van der Waals surface area contributed by atoms with Gasteiger partial charge in [-0.25, -0.2) is 0 Å². The number of carbonyl (C=O) groups is 1. The highest BCUT2D eigenvalue weighted by Gasteiger charge is 2.20. The van der Waals surface area contributed by atoms with Gasteiger partial charge in [0, 0.05) is 25.2 Å². The number of amides is 1. The smallest absolute Gasteiger partial charge is 0.258 e. The van der Waals surface area contributed by atoms with Gasteiger partial charge in [0.15, 0.2) is 18.1 Å². The van der Waals surface area contributed by atoms with Crippen LogP contribution in [0.1, 0.15) is 30.9 Å². The Morgan fingerprint density at radius 1 is 1.03 bits per heavy atom. The molecule has 7 heteroatoms. The number of likely N-dealkylation sites (tertiary alicyclic amines) is 1. The van der Waals surface area contributed by atoms with E-state index in [-0.39, 0.29) is 19.3 Å². The number of carbonyl (C=O) groups excluding carboxylic acids is 1. The molecule has 0 radical (unpaired) electrons. The van der Waals surface area contributed by atoms with Crippen LogP contribution in [-0.4, -0.2) is 44.4 Å². The van der Waals surface area contributed by atoms with Crippen LogP contribution in [0, 0.1) is 5.92 Å². The SMILES string of the molecule is COc1ccc(CNC(=O)COc2ccc(-c3ccc4c(c3)OCO4)cc2CN2CCC[C@@H](C)C2)cc1. The van der Waals surface area contributed by atoms with Crippen molar-refractivity contribution in [2.45, 2.75) is 32.9 Å². The molecular formula is C30H34N2O5. The van der Waals surface area contributed by atoms with Gasteiger partial charge in [0.25, 0.3) is 5.91 Å². The summed E-state index contributed by atoms with van der Waals surface area (Å²) in [5, 5.41) is 2.93. The van der Waals surface area contributed by atoms with Gasteiger partial charge in [-0.15, -0.1) is 0 Å². The minimum atomic E-state index is -0.159. The number of piperidine rings is 1. The molecule has 1 fully saturated rings. The number of hydrogen-bond acceptors (Lipinski definition) is 6. The van der Waals surface area contributed by atoms with E-state index in [1.165, 1.54) is 12.8 Å². The Morgan fingerprint density at radius 2 is 1.81 bits per heavy atom. The molecule has 0 aromatic heterocycles. The quantitative estimate of drug-likeness (QED) is 0.443. The average molecular weight is 503 g/mol. The minimum Gasteiger partial charge on any atom is -0.497 e. The summed E-state index contributed by atoms with van der Waals surface area (Å²) in [6.45, 7) is 5.88. The van der Waals surface area contributed by atoms with E-state index >= 15 is 0 Å². The molecule has 3 aromatic rings. The van der Waals surface area contributed by atoms with Crippen LogP contribution in [0.15, 0.2) is 60.7 Å². The molecule has 3 aromatic carbocycles. The Labute approximate surface area is 218 Å². The zero-order valence-corrected chi connectivity index (χ0v) is 21.5. The third-order valence-electron chi connectivity index (χ3n) is 6.91. The van der Waals surface area contributed by atoms with Crippen molar-refractivity contribution in [3.8, 4) is 34.1 Å². The predicted molar refractivity (Wildman–Crippen MR) is 142 cm³/mol. The molecular weight excluding hydrogens is 468 g/mol. The Morgan fingerprint density at radius 3 is 2.62 bits per heavy atom. The first kappa shape index (κ1) is 25.0. The van der Waals surface area contributed by atoms with Crippen molar-refractivity contribution < 1.29 is 23.7 Å². The number of nitrogens with zero attached hydrogens (tertiary/aromatic N) is 1. The van der Waals surface area contributed by atoms with Gasteiger partial charge < -0.3 is 24.3 Å². The fraction of sp³-hybridized carbons (Fsp3) is 0.367. The number of methoxy groups -OCH3 is 1. The molecule has 194 valence electrons. The Bertz CT molecular complexity index is 1230. The number of nitrogens with one attached hydrogen (secondary N) is 1. The van der Waals surface area contributed by atoms with Crippen molar-refractivity contribution in [2.24, 2.45) is 5.92 Å². The highest BCUT2D eigenvalue weighted by atomic mass is 16.7. The maximum absolute atomic E-state index is 12.6. The van der Waals surface area contributed by atoms with E-state index in [1.807, 2.05) is 54.6 Å². The summed E-state index contributed by atoms with van der Waals surface area (Å²) in [4.78, 5) is 15.0. The molecule has 1 amide bonds. The van der Waals surface area contributed by atoms with Crippen LogP contribution in [-0.2, 0) is 17.9 Å². The normalized spacial score (nSPS) is 16.9. The fourth-order valence-electron chi connectivity index (χ4n) is 4.91. The van der Waals surface area contributed by atoms with Gasteiger partial charge in [-0.1, -0.05) is 31.2 Å². The van der Waals surface area contributed by atoms with Crippen molar-refractivity contribution in [3.63, 3.8) is 0 Å². The lowest BCUT2D eigenvalue weighted by Crippen LogP contribution is -2.34. The standard InChI is InChI=1S/C30H34N2O5/c1-21-4-3-13-32(17-21)18-25-14-23(24-8-12-28-29(15-24)37-20-36-28)7-11-27(25)35-19-30(33)31-16-22-5-9-26(34-2)10-6-22/h5-12,14-15,21H,3-4,13,16-20H2,1-2H3,(H,31,33)/t21-/m1/s1. The predicted octanol–water partition coefficient (Wildman–Crippen LogP) is 5.02. The van der Waals surface area contributed by atoms with Crippen molar-refractivity contribution in [2.75, 3.05) is 33.6 Å². The van der Waals surface area contributed by atoms with Gasteiger partial charge in [0.1, 0.15) is 11.5 Å². The summed E-state index contributed by atoms with van der Waals surface area (Å²) in [5.41, 5.74) is 4.21. The van der Waals surface area contributed by atoms with Gasteiger partial charge in [-0.3, -0.25) is 9.69 Å². The summed E-state index contributed by atoms with van der Waals surface area (Å²) >= 11 is 0. The van der Waals surface area contributed by atoms with Crippen LogP contribution in [0.3, 0.4) is 0 Å². The molecule has 2 aliphatic rings. The van der Waals surface area contributed by atoms with Crippen LogP contribution in [0.2, 0.25) is 0 Å². The van der Waals surface area contributed by atoms with Crippen molar-refractivity contribution in [1.29, 1.82) is 0 Å². The summed E-state index contributed by atoms with van der Waals surface area (Å²) in [7, 11) is 1.63. The molecule has 37 heavy (non-hydrogen) atoms. The first-order valence-corrected chi connectivity index (χ1v) is 12.8. The van der Waals surface area contributed by atoms with E-state index in [1.54, 1.807) is 7.11 Å². The zero-order valence-electron chi connectivity index (χ0n) is 21.5. The number of benzene rings is 3. The molecule has 0 saturated carbocycles. The highest BCUT2D eigenvalue weighted by molar-refractivity contribution is 5.77. The topological polar surface area (TPSA) is 69.3 Å². The minimum absolute atomic E-state index is 0.0388. The van der Waals surface area contributed by atoms with Gasteiger partial charge >= 0.3 is 0 Å². The molecule has 0 bridgehead atoms. The van der Waals surface area contributed by atoms with Crippen LogP contribution in [0.25, 0.3) is 11.1 Å². The summed E-state index contributed by atoms with van der Waals surface area (Å²) in [6, 6.07) is 19.8. The Kier molecular flexibility index (Phi) is 7.80. The fourth-order valence-corrected chi connectivity index (χ4v) is 4.91. The Balaban J connectivity index is 1.28. The molecule has 1 N–H and O–H groups in total. The second-order valence-electron chi connectivity index (χ2n) is 9.79. The lowest BCUT2D eigenvalue weighted by atomic mass is 9.98. The molecule has 1 atom stereocenters. The largest absolute Gasteiger partial charge is 0.497 e. The molecule has 0 unspecified atom stereocenters. The second kappa shape index (κ2) is 11.6. The van der Waals surface area contributed by atoms with Gasteiger partial charge in [0.2, 0.25) is 6.79 Å². The molecule has 2 heterocycles. The van der Waals surface area contributed by atoms with Crippen molar-refractivity contribution in [3.05, 3.63) is 71.8 Å². The van der Waals surface area contributed by atoms with Gasteiger partial charge in [-0.2, -0.15) is 0 Å². The lowest BCUT2D eigenvalue weighted by Gasteiger charge is -2.31.